The van der Waals surface area contributed by atoms with E-state index in [2.05, 4.69) is 4.72 Å². The Labute approximate surface area is 210 Å². The van der Waals surface area contributed by atoms with Gasteiger partial charge in [-0.3, -0.25) is 9.52 Å². The van der Waals surface area contributed by atoms with E-state index in [-0.39, 0.29) is 41.6 Å². The van der Waals surface area contributed by atoms with E-state index < -0.39 is 49.8 Å². The lowest BCUT2D eigenvalue weighted by Crippen LogP contribution is -2.50. The van der Waals surface area contributed by atoms with Crippen molar-refractivity contribution in [3.05, 3.63) is 53.8 Å². The van der Waals surface area contributed by atoms with E-state index in [1.54, 1.807) is 13.8 Å². The van der Waals surface area contributed by atoms with Crippen molar-refractivity contribution in [3.8, 4) is 5.75 Å². The number of hydrogen-bond acceptors (Lipinski definition) is 7. The number of carbonyl (C=O) groups is 1. The number of sulfonamides is 2. The molecule has 10 nitrogen and oxygen atoms in total. The zero-order valence-electron chi connectivity index (χ0n) is 20.4. The van der Waals surface area contributed by atoms with Crippen molar-refractivity contribution in [2.24, 2.45) is 5.92 Å². The van der Waals surface area contributed by atoms with Crippen molar-refractivity contribution in [2.75, 3.05) is 37.7 Å². The quantitative estimate of drug-likeness (QED) is 0.518. The molecule has 36 heavy (non-hydrogen) atoms. The Morgan fingerprint density at radius 3 is 2.42 bits per heavy atom. The molecule has 1 amide bonds. The highest BCUT2D eigenvalue weighted by molar-refractivity contribution is 7.92. The highest BCUT2D eigenvalue weighted by Gasteiger charge is 2.36. The van der Waals surface area contributed by atoms with Gasteiger partial charge in [0, 0.05) is 19.5 Å². The summed E-state index contributed by atoms with van der Waals surface area (Å²) in [4.78, 5) is 14.7. The fraction of sp³-hybridized carbons (Fsp3) is 0.435. The van der Waals surface area contributed by atoms with E-state index in [0.29, 0.717) is 0 Å². The number of ether oxygens (including phenoxy) is 1. The zero-order valence-corrected chi connectivity index (χ0v) is 22.0. The zero-order chi connectivity index (χ0) is 26.8. The molecule has 13 heteroatoms. The Balaban J connectivity index is 2.05. The Hall–Kier alpha value is -2.74. The first-order chi connectivity index (χ1) is 16.7. The van der Waals surface area contributed by atoms with Gasteiger partial charge in [0.2, 0.25) is 20.0 Å². The maximum Gasteiger partial charge on any atom is 0.258 e. The number of para-hydroxylation sites is 1. The minimum absolute atomic E-state index is 0.0306. The molecule has 0 radical (unpaired) electrons. The van der Waals surface area contributed by atoms with Gasteiger partial charge >= 0.3 is 0 Å². The second-order valence-electron chi connectivity index (χ2n) is 8.92. The van der Waals surface area contributed by atoms with Gasteiger partial charge in [0.05, 0.1) is 41.6 Å². The van der Waals surface area contributed by atoms with Gasteiger partial charge < -0.3 is 14.7 Å². The predicted molar refractivity (Wildman–Crippen MR) is 132 cm³/mol. The van der Waals surface area contributed by atoms with Crippen LogP contribution in [0.4, 0.5) is 10.1 Å². The van der Waals surface area contributed by atoms with Gasteiger partial charge in [-0.2, -0.15) is 4.31 Å². The molecule has 0 spiro atoms. The third-order valence-corrected chi connectivity index (χ3v) is 8.37. The fourth-order valence-electron chi connectivity index (χ4n) is 3.88. The SMILES string of the molecule is C[C@H]1CN([C@@H](C)CO)C(=O)c2cccc(NS(C)(=O)=O)c2O[C@@H]1CN(C)S(=O)(=O)c1ccc(F)cc1. The topological polar surface area (TPSA) is 133 Å². The first kappa shape index (κ1) is 27.8. The molecule has 3 rings (SSSR count). The molecule has 0 aliphatic carbocycles. The maximum atomic E-state index is 13.4. The predicted octanol–water partition coefficient (Wildman–Crippen LogP) is 1.74. The number of anilines is 1. The molecule has 0 unspecified atom stereocenters. The second-order valence-corrected chi connectivity index (χ2v) is 12.7. The van der Waals surface area contributed by atoms with Crippen LogP contribution >= 0.6 is 0 Å². The Bertz CT molecular complexity index is 1320. The monoisotopic (exact) mass is 543 g/mol. The van der Waals surface area contributed by atoms with E-state index in [9.17, 15) is 31.1 Å². The standard InChI is InChI=1S/C23H30FN3O7S2/c1-15-12-27(16(2)14-28)23(29)19-6-5-7-20(25-35(4,30)31)22(19)34-21(15)13-26(3)36(32,33)18-10-8-17(24)9-11-18/h5-11,15-16,21,25,28H,12-14H2,1-4H3/t15-,16-,21+/m0/s1. The van der Waals surface area contributed by atoms with Crippen LogP contribution in [0.25, 0.3) is 0 Å². The highest BCUT2D eigenvalue weighted by atomic mass is 32.2. The number of nitrogens with zero attached hydrogens (tertiary/aromatic N) is 2. The molecule has 2 N–H and O–H groups in total. The highest BCUT2D eigenvalue weighted by Crippen LogP contribution is 2.35. The number of fused-ring (bicyclic) bond motifs is 1. The Morgan fingerprint density at radius 2 is 1.83 bits per heavy atom. The number of hydrogen-bond donors (Lipinski definition) is 2. The molecule has 0 aromatic heterocycles. The number of amides is 1. The maximum absolute atomic E-state index is 13.4. The number of benzene rings is 2. The van der Waals surface area contributed by atoms with Crippen LogP contribution in [-0.4, -0.2) is 82.2 Å². The lowest BCUT2D eigenvalue weighted by atomic mass is 9.99. The Kier molecular flexibility index (Phi) is 8.28. The molecule has 3 atom stereocenters. The molecule has 1 heterocycles. The number of likely N-dealkylation sites (N-methyl/N-ethyl adjacent to an activating group) is 1. The average molecular weight is 544 g/mol. The van der Waals surface area contributed by atoms with Crippen LogP contribution in [0.5, 0.6) is 5.75 Å². The van der Waals surface area contributed by atoms with Gasteiger partial charge in [-0.1, -0.05) is 13.0 Å². The summed E-state index contributed by atoms with van der Waals surface area (Å²) in [5, 5.41) is 9.74. The minimum atomic E-state index is -4.01. The summed E-state index contributed by atoms with van der Waals surface area (Å²) in [5.41, 5.74) is 0.105. The van der Waals surface area contributed by atoms with Crippen molar-refractivity contribution in [3.63, 3.8) is 0 Å². The molecule has 1 aliphatic rings. The molecule has 198 valence electrons. The average Bonchev–Trinajstić information content (AvgIpc) is 2.80. The third-order valence-electron chi connectivity index (χ3n) is 5.95. The van der Waals surface area contributed by atoms with Gasteiger partial charge in [-0.05, 0) is 43.3 Å². The van der Waals surface area contributed by atoms with Crippen LogP contribution in [0.2, 0.25) is 0 Å². The lowest BCUT2D eigenvalue weighted by molar-refractivity contribution is 0.0389. The van der Waals surface area contributed by atoms with E-state index in [0.717, 1.165) is 34.8 Å². The largest absolute Gasteiger partial charge is 0.486 e. The van der Waals surface area contributed by atoms with Gasteiger partial charge in [0.1, 0.15) is 11.9 Å². The van der Waals surface area contributed by atoms with E-state index >= 15 is 0 Å². The van der Waals surface area contributed by atoms with Crippen LogP contribution in [0.15, 0.2) is 47.4 Å². The molecule has 0 saturated heterocycles. The normalized spacial score (nSPS) is 19.8. The molecule has 1 aliphatic heterocycles. The van der Waals surface area contributed by atoms with Crippen LogP contribution in [0.1, 0.15) is 24.2 Å². The summed E-state index contributed by atoms with van der Waals surface area (Å²) < 4.78 is 73.1. The van der Waals surface area contributed by atoms with Crippen LogP contribution < -0.4 is 9.46 Å². The molecule has 0 fully saturated rings. The van der Waals surface area contributed by atoms with E-state index in [1.807, 2.05) is 0 Å². The number of nitrogens with one attached hydrogen (secondary N) is 1. The second kappa shape index (κ2) is 10.7. The van der Waals surface area contributed by atoms with Crippen molar-refractivity contribution < 1.29 is 35.9 Å². The fourth-order valence-corrected chi connectivity index (χ4v) is 5.62. The lowest BCUT2D eigenvalue weighted by Gasteiger charge is -2.38. The summed E-state index contributed by atoms with van der Waals surface area (Å²) in [6.07, 6.45) is 0.147. The summed E-state index contributed by atoms with van der Waals surface area (Å²) in [7, 11) is -6.38. The number of aliphatic hydroxyl groups excluding tert-OH is 1. The van der Waals surface area contributed by atoms with E-state index in [4.69, 9.17) is 4.74 Å². The number of aliphatic hydroxyl groups is 1. The summed E-state index contributed by atoms with van der Waals surface area (Å²) in [5.74, 6) is -1.49. The van der Waals surface area contributed by atoms with Gasteiger partial charge in [0.15, 0.2) is 5.75 Å². The van der Waals surface area contributed by atoms with Crippen LogP contribution in [0, 0.1) is 11.7 Å². The van der Waals surface area contributed by atoms with Gasteiger partial charge in [-0.15, -0.1) is 0 Å². The summed E-state index contributed by atoms with van der Waals surface area (Å²) in [6.45, 7) is 3.14. The molecular weight excluding hydrogens is 513 g/mol. The molecule has 2 aromatic carbocycles. The van der Waals surface area contributed by atoms with Crippen molar-refractivity contribution in [2.45, 2.75) is 30.9 Å². The smallest absolute Gasteiger partial charge is 0.258 e. The van der Waals surface area contributed by atoms with Crippen LogP contribution in [-0.2, 0) is 20.0 Å². The third kappa shape index (κ3) is 6.14. The summed E-state index contributed by atoms with van der Waals surface area (Å²) >= 11 is 0. The number of rotatable bonds is 8. The number of halogens is 1. The number of carbonyl (C=O) groups excluding carboxylic acids is 1. The first-order valence-electron chi connectivity index (χ1n) is 11.2. The molecule has 2 aromatic rings. The first-order valence-corrected chi connectivity index (χ1v) is 14.5. The van der Waals surface area contributed by atoms with E-state index in [1.165, 1.54) is 30.1 Å². The van der Waals surface area contributed by atoms with Crippen molar-refractivity contribution in [1.82, 2.24) is 9.21 Å². The summed E-state index contributed by atoms with van der Waals surface area (Å²) in [6, 6.07) is 8.29. The van der Waals surface area contributed by atoms with Crippen LogP contribution in [0.3, 0.4) is 0 Å². The van der Waals surface area contributed by atoms with Gasteiger partial charge in [0.25, 0.3) is 5.91 Å². The minimum Gasteiger partial charge on any atom is -0.486 e. The van der Waals surface area contributed by atoms with Crippen molar-refractivity contribution >= 4 is 31.6 Å². The van der Waals surface area contributed by atoms with Gasteiger partial charge in [-0.25, -0.2) is 21.2 Å². The molecule has 0 bridgehead atoms. The molecule has 0 saturated carbocycles. The Morgan fingerprint density at radius 1 is 1.19 bits per heavy atom. The van der Waals surface area contributed by atoms with Crippen molar-refractivity contribution in [1.29, 1.82) is 0 Å². The molecular formula is C23H30FN3O7S2.